The molecule has 2 heterocycles. The molecule has 2 aromatic carbocycles. The van der Waals surface area contributed by atoms with E-state index in [4.69, 9.17) is 11.6 Å². The van der Waals surface area contributed by atoms with Gasteiger partial charge in [0.1, 0.15) is 5.69 Å². The summed E-state index contributed by atoms with van der Waals surface area (Å²) in [6.07, 6.45) is 0. The maximum atomic E-state index is 13.0. The normalized spacial score (nSPS) is 14.9. The molecule has 1 fully saturated rings. The van der Waals surface area contributed by atoms with E-state index in [9.17, 15) is 4.79 Å². The molecule has 1 aliphatic heterocycles. The molecule has 0 saturated carbocycles. The number of halogens is 1. The molecule has 0 unspecified atom stereocenters. The number of piperazine rings is 1. The van der Waals surface area contributed by atoms with Crippen molar-refractivity contribution in [1.29, 1.82) is 0 Å². The van der Waals surface area contributed by atoms with Crippen LogP contribution >= 0.6 is 11.6 Å². The lowest BCUT2D eigenvalue weighted by molar-refractivity contribution is 0.0741. The van der Waals surface area contributed by atoms with E-state index in [-0.39, 0.29) is 5.91 Å². The predicted octanol–water partition coefficient (Wildman–Crippen LogP) is 4.40. The van der Waals surface area contributed by atoms with Crippen LogP contribution in [-0.4, -0.2) is 42.0 Å². The van der Waals surface area contributed by atoms with Crippen molar-refractivity contribution in [3.8, 4) is 0 Å². The van der Waals surface area contributed by atoms with Crippen LogP contribution in [-0.2, 0) is 0 Å². The summed E-state index contributed by atoms with van der Waals surface area (Å²) in [5.74, 6) is 0.0853. The summed E-state index contributed by atoms with van der Waals surface area (Å²) < 4.78 is 0. The highest BCUT2D eigenvalue weighted by molar-refractivity contribution is 6.30. The zero-order chi connectivity index (χ0) is 18.3. The van der Waals surface area contributed by atoms with E-state index in [2.05, 4.69) is 35.0 Å². The number of rotatable bonds is 2. The fourth-order valence-corrected chi connectivity index (χ4v) is 3.84. The number of carbonyl (C=O) groups is 1. The third-order valence-corrected chi connectivity index (χ3v) is 5.40. The van der Waals surface area contributed by atoms with E-state index in [1.807, 2.05) is 36.1 Å². The second-order valence-electron chi connectivity index (χ2n) is 6.93. The van der Waals surface area contributed by atoms with Crippen molar-refractivity contribution in [2.45, 2.75) is 13.8 Å². The summed E-state index contributed by atoms with van der Waals surface area (Å²) in [7, 11) is 0. The molecule has 0 atom stereocenters. The summed E-state index contributed by atoms with van der Waals surface area (Å²) in [5, 5.41) is 1.87. The highest BCUT2D eigenvalue weighted by Gasteiger charge is 2.25. The van der Waals surface area contributed by atoms with Crippen molar-refractivity contribution in [3.63, 3.8) is 0 Å². The smallest absolute Gasteiger partial charge is 0.270 e. The summed E-state index contributed by atoms with van der Waals surface area (Å²) in [6, 6.07) is 14.1. The number of anilines is 1. The molecule has 5 heteroatoms. The highest BCUT2D eigenvalue weighted by Crippen LogP contribution is 2.25. The number of nitrogens with zero attached hydrogens (tertiary/aromatic N) is 2. The van der Waals surface area contributed by atoms with Gasteiger partial charge in [-0.25, -0.2) is 0 Å². The quantitative estimate of drug-likeness (QED) is 0.729. The minimum atomic E-state index is 0.0853. The van der Waals surface area contributed by atoms with Gasteiger partial charge in [0.05, 0.1) is 0 Å². The van der Waals surface area contributed by atoms with Crippen LogP contribution in [0.4, 0.5) is 5.69 Å². The lowest BCUT2D eigenvalue weighted by Crippen LogP contribution is -2.49. The number of aromatic amines is 1. The first-order chi connectivity index (χ1) is 12.5. The lowest BCUT2D eigenvalue weighted by atomic mass is 10.1. The minimum Gasteiger partial charge on any atom is -0.368 e. The number of aromatic nitrogens is 1. The first-order valence-corrected chi connectivity index (χ1v) is 9.29. The molecular weight excluding hydrogens is 346 g/mol. The van der Waals surface area contributed by atoms with Crippen molar-refractivity contribution in [2.75, 3.05) is 31.1 Å². The summed E-state index contributed by atoms with van der Waals surface area (Å²) in [6.45, 7) is 7.13. The zero-order valence-corrected chi connectivity index (χ0v) is 15.8. The Bertz CT molecular complexity index is 971. The van der Waals surface area contributed by atoms with Gasteiger partial charge >= 0.3 is 0 Å². The molecular formula is C21H22ClN3O. The second kappa shape index (κ2) is 6.69. The van der Waals surface area contributed by atoms with Gasteiger partial charge in [-0.1, -0.05) is 29.3 Å². The van der Waals surface area contributed by atoms with E-state index in [1.54, 1.807) is 0 Å². The standard InChI is InChI=1S/C21H22ClN3O/c1-14-6-7-19-18(12-14)15(2)20(23-19)21(26)25-10-8-24(9-11-25)17-5-3-4-16(22)13-17/h3-7,12-13,23H,8-11H2,1-2H3. The Kier molecular flexibility index (Phi) is 4.37. The Morgan fingerprint density at radius 2 is 1.81 bits per heavy atom. The third-order valence-electron chi connectivity index (χ3n) is 5.17. The lowest BCUT2D eigenvalue weighted by Gasteiger charge is -2.36. The zero-order valence-electron chi connectivity index (χ0n) is 15.1. The molecule has 1 saturated heterocycles. The van der Waals surface area contributed by atoms with Gasteiger partial charge < -0.3 is 14.8 Å². The second-order valence-corrected chi connectivity index (χ2v) is 7.37. The van der Waals surface area contributed by atoms with Crippen molar-refractivity contribution in [2.24, 2.45) is 0 Å². The Morgan fingerprint density at radius 3 is 2.54 bits per heavy atom. The van der Waals surface area contributed by atoms with Crippen LogP contribution in [0.1, 0.15) is 21.6 Å². The monoisotopic (exact) mass is 367 g/mol. The molecule has 4 nitrogen and oxygen atoms in total. The molecule has 1 N–H and O–H groups in total. The van der Waals surface area contributed by atoms with Gasteiger partial charge in [-0.3, -0.25) is 4.79 Å². The van der Waals surface area contributed by atoms with Crippen molar-refractivity contribution < 1.29 is 4.79 Å². The fraction of sp³-hybridized carbons (Fsp3) is 0.286. The number of H-pyrrole nitrogens is 1. The highest BCUT2D eigenvalue weighted by atomic mass is 35.5. The maximum absolute atomic E-state index is 13.0. The topological polar surface area (TPSA) is 39.3 Å². The van der Waals surface area contributed by atoms with Gasteiger partial charge in [0.15, 0.2) is 0 Å². The number of aryl methyl sites for hydroxylation is 2. The molecule has 1 aliphatic rings. The molecule has 0 radical (unpaired) electrons. The Morgan fingerprint density at radius 1 is 1.04 bits per heavy atom. The average molecular weight is 368 g/mol. The van der Waals surface area contributed by atoms with Crippen LogP contribution in [0.2, 0.25) is 5.02 Å². The average Bonchev–Trinajstić information content (AvgIpc) is 2.97. The van der Waals surface area contributed by atoms with Gasteiger partial charge in [0, 0.05) is 47.8 Å². The molecule has 26 heavy (non-hydrogen) atoms. The molecule has 0 aliphatic carbocycles. The SMILES string of the molecule is Cc1ccc2[nH]c(C(=O)N3CCN(c4cccc(Cl)c4)CC3)c(C)c2c1. The minimum absolute atomic E-state index is 0.0853. The number of carbonyl (C=O) groups excluding carboxylic acids is 1. The Hall–Kier alpha value is -2.46. The summed E-state index contributed by atoms with van der Waals surface area (Å²) in [5.41, 5.74) is 5.08. The van der Waals surface area contributed by atoms with E-state index in [0.717, 1.165) is 40.3 Å². The number of benzene rings is 2. The van der Waals surface area contributed by atoms with Crippen LogP contribution in [0.3, 0.4) is 0 Å². The van der Waals surface area contributed by atoms with E-state index in [0.29, 0.717) is 18.8 Å². The first-order valence-electron chi connectivity index (χ1n) is 8.91. The fourth-order valence-electron chi connectivity index (χ4n) is 3.65. The van der Waals surface area contributed by atoms with Crippen molar-refractivity contribution in [1.82, 2.24) is 9.88 Å². The largest absolute Gasteiger partial charge is 0.368 e. The Balaban J connectivity index is 1.51. The van der Waals surface area contributed by atoms with Gasteiger partial charge in [-0.2, -0.15) is 0 Å². The number of fused-ring (bicyclic) bond motifs is 1. The van der Waals surface area contributed by atoms with Gasteiger partial charge in [-0.05, 0) is 49.7 Å². The molecule has 134 valence electrons. The number of hydrogen-bond donors (Lipinski definition) is 1. The number of hydrogen-bond acceptors (Lipinski definition) is 2. The van der Waals surface area contributed by atoms with E-state index in [1.165, 1.54) is 5.56 Å². The molecule has 0 spiro atoms. The summed E-state index contributed by atoms with van der Waals surface area (Å²) in [4.78, 5) is 20.6. The number of amides is 1. The molecule has 3 aromatic rings. The van der Waals surface area contributed by atoms with Crippen LogP contribution in [0.15, 0.2) is 42.5 Å². The first kappa shape index (κ1) is 17.0. The predicted molar refractivity (Wildman–Crippen MR) is 107 cm³/mol. The van der Waals surface area contributed by atoms with Gasteiger partial charge in [0.2, 0.25) is 0 Å². The third kappa shape index (κ3) is 3.06. The van der Waals surface area contributed by atoms with Gasteiger partial charge in [0.25, 0.3) is 5.91 Å². The number of nitrogens with one attached hydrogen (secondary N) is 1. The van der Waals surface area contributed by atoms with Crippen LogP contribution in [0, 0.1) is 13.8 Å². The van der Waals surface area contributed by atoms with Crippen LogP contribution in [0.25, 0.3) is 10.9 Å². The van der Waals surface area contributed by atoms with Crippen molar-refractivity contribution in [3.05, 3.63) is 64.3 Å². The van der Waals surface area contributed by atoms with Crippen LogP contribution < -0.4 is 4.90 Å². The molecule has 4 rings (SSSR count). The molecule has 1 aromatic heterocycles. The van der Waals surface area contributed by atoms with Gasteiger partial charge in [-0.15, -0.1) is 0 Å². The van der Waals surface area contributed by atoms with E-state index >= 15 is 0 Å². The summed E-state index contributed by atoms with van der Waals surface area (Å²) >= 11 is 6.10. The van der Waals surface area contributed by atoms with Crippen molar-refractivity contribution >= 4 is 34.1 Å². The maximum Gasteiger partial charge on any atom is 0.270 e. The molecule has 0 bridgehead atoms. The molecule has 1 amide bonds. The Labute approximate surface area is 158 Å². The van der Waals surface area contributed by atoms with E-state index < -0.39 is 0 Å². The van der Waals surface area contributed by atoms with Crippen LogP contribution in [0.5, 0.6) is 0 Å².